The summed E-state index contributed by atoms with van der Waals surface area (Å²) >= 11 is 0. The third-order valence-corrected chi connectivity index (χ3v) is 4.39. The zero-order valence-corrected chi connectivity index (χ0v) is 13.7. The van der Waals surface area contributed by atoms with Crippen molar-refractivity contribution in [2.45, 2.75) is 51.9 Å². The van der Waals surface area contributed by atoms with E-state index in [9.17, 15) is 4.79 Å². The number of nitrogens with one attached hydrogen (secondary N) is 1. The summed E-state index contributed by atoms with van der Waals surface area (Å²) in [4.78, 5) is 11.4. The van der Waals surface area contributed by atoms with Crippen LogP contribution in [0.2, 0.25) is 0 Å². The van der Waals surface area contributed by atoms with Gasteiger partial charge < -0.3 is 5.32 Å². The smallest absolute Gasteiger partial charge is 0.216 e. The predicted molar refractivity (Wildman–Crippen MR) is 90.3 cm³/mol. The number of amides is 1. The van der Waals surface area contributed by atoms with Crippen molar-refractivity contribution in [3.63, 3.8) is 0 Å². The average Bonchev–Trinajstić information content (AvgIpc) is 2.47. The van der Waals surface area contributed by atoms with Gasteiger partial charge in [-0.2, -0.15) is 0 Å². The lowest BCUT2D eigenvalue weighted by molar-refractivity contribution is -0.119. The summed E-state index contributed by atoms with van der Waals surface area (Å²) in [5.41, 5.74) is 1.33. The minimum absolute atomic E-state index is 0.00804. The van der Waals surface area contributed by atoms with Gasteiger partial charge in [-0.1, -0.05) is 56.7 Å². The number of carbonyl (C=O) groups is 1. The molecule has 1 unspecified atom stereocenters. The molecule has 21 heavy (non-hydrogen) atoms. The molecule has 1 rings (SSSR count). The van der Waals surface area contributed by atoms with Crippen molar-refractivity contribution in [2.75, 3.05) is 6.54 Å². The largest absolute Gasteiger partial charge is 0.355 e. The fraction of sp³-hybridized carbons (Fsp3) is 0.526. The van der Waals surface area contributed by atoms with Gasteiger partial charge in [-0.3, -0.25) is 4.79 Å². The molecule has 0 bridgehead atoms. The standard InChI is InChI=1S/C19H29NO/c1-5-6-7-11-14-19(16(2)3,15-20-17(4)21)18-12-9-8-10-13-18/h5,8-10,12-13,16H,1,6-7,11,14-15H2,2-4H3,(H,20,21). The van der Waals surface area contributed by atoms with Crippen molar-refractivity contribution in [2.24, 2.45) is 5.92 Å². The normalized spacial score (nSPS) is 13.7. The second-order valence-corrected chi connectivity index (χ2v) is 6.12. The molecule has 0 aromatic heterocycles. The summed E-state index contributed by atoms with van der Waals surface area (Å²) in [6, 6.07) is 10.6. The first-order valence-electron chi connectivity index (χ1n) is 7.94. The molecule has 116 valence electrons. The van der Waals surface area contributed by atoms with Crippen molar-refractivity contribution < 1.29 is 4.79 Å². The molecule has 0 saturated heterocycles. The van der Waals surface area contributed by atoms with Crippen LogP contribution < -0.4 is 5.32 Å². The Kier molecular flexibility index (Phi) is 7.21. The van der Waals surface area contributed by atoms with Crippen molar-refractivity contribution in [1.82, 2.24) is 5.32 Å². The fourth-order valence-corrected chi connectivity index (χ4v) is 2.94. The third kappa shape index (κ3) is 5.04. The monoisotopic (exact) mass is 287 g/mol. The van der Waals surface area contributed by atoms with Crippen LogP contribution in [0.4, 0.5) is 0 Å². The number of allylic oxidation sites excluding steroid dienone is 1. The highest BCUT2D eigenvalue weighted by atomic mass is 16.1. The van der Waals surface area contributed by atoms with Crippen LogP contribution in [0.5, 0.6) is 0 Å². The lowest BCUT2D eigenvalue weighted by atomic mass is 9.68. The summed E-state index contributed by atoms with van der Waals surface area (Å²) in [7, 11) is 0. The maximum Gasteiger partial charge on any atom is 0.216 e. The van der Waals surface area contributed by atoms with Gasteiger partial charge in [0.25, 0.3) is 0 Å². The number of hydrogen-bond donors (Lipinski definition) is 1. The Morgan fingerprint density at radius 2 is 1.95 bits per heavy atom. The molecule has 0 saturated carbocycles. The van der Waals surface area contributed by atoms with Crippen LogP contribution >= 0.6 is 0 Å². The number of rotatable bonds is 9. The molecule has 0 radical (unpaired) electrons. The van der Waals surface area contributed by atoms with Crippen LogP contribution in [0.15, 0.2) is 43.0 Å². The van der Waals surface area contributed by atoms with Gasteiger partial charge in [0.15, 0.2) is 0 Å². The molecule has 1 atom stereocenters. The molecule has 0 aliphatic heterocycles. The van der Waals surface area contributed by atoms with Gasteiger partial charge in [-0.15, -0.1) is 6.58 Å². The zero-order chi connectivity index (χ0) is 15.7. The molecule has 2 heteroatoms. The molecule has 1 amide bonds. The van der Waals surface area contributed by atoms with E-state index in [1.54, 1.807) is 6.92 Å². The Balaban J connectivity index is 2.98. The highest BCUT2D eigenvalue weighted by Crippen LogP contribution is 2.37. The average molecular weight is 287 g/mol. The van der Waals surface area contributed by atoms with Gasteiger partial charge in [-0.25, -0.2) is 0 Å². The van der Waals surface area contributed by atoms with Gasteiger partial charge in [0.1, 0.15) is 0 Å². The van der Waals surface area contributed by atoms with Crippen molar-refractivity contribution in [3.05, 3.63) is 48.6 Å². The van der Waals surface area contributed by atoms with Gasteiger partial charge in [0.2, 0.25) is 5.91 Å². The van der Waals surface area contributed by atoms with Crippen molar-refractivity contribution in [1.29, 1.82) is 0 Å². The van der Waals surface area contributed by atoms with Crippen LogP contribution in [0.25, 0.3) is 0 Å². The van der Waals surface area contributed by atoms with Gasteiger partial charge >= 0.3 is 0 Å². The Morgan fingerprint density at radius 3 is 2.48 bits per heavy atom. The highest BCUT2D eigenvalue weighted by molar-refractivity contribution is 5.73. The molecule has 0 fully saturated rings. The van der Waals surface area contributed by atoms with Gasteiger partial charge in [0, 0.05) is 18.9 Å². The van der Waals surface area contributed by atoms with E-state index in [0.717, 1.165) is 25.7 Å². The summed E-state index contributed by atoms with van der Waals surface area (Å²) in [6.07, 6.45) is 6.43. The molecule has 0 heterocycles. The van der Waals surface area contributed by atoms with E-state index < -0.39 is 0 Å². The van der Waals surface area contributed by atoms with Crippen LogP contribution in [0.3, 0.4) is 0 Å². The van der Waals surface area contributed by atoms with Crippen LogP contribution in [-0.2, 0) is 10.2 Å². The molecule has 0 aliphatic rings. The highest BCUT2D eigenvalue weighted by Gasteiger charge is 2.35. The SMILES string of the molecule is C=CCCCCC(CNC(C)=O)(c1ccccc1)C(C)C. The van der Waals surface area contributed by atoms with Crippen LogP contribution in [0.1, 0.15) is 52.0 Å². The molecular formula is C19H29NO. The van der Waals surface area contributed by atoms with E-state index in [4.69, 9.17) is 0 Å². The molecule has 2 nitrogen and oxygen atoms in total. The minimum Gasteiger partial charge on any atom is -0.355 e. The maximum atomic E-state index is 11.4. The van der Waals surface area contributed by atoms with Crippen LogP contribution in [-0.4, -0.2) is 12.5 Å². The second kappa shape index (κ2) is 8.66. The van der Waals surface area contributed by atoms with E-state index in [1.165, 1.54) is 5.56 Å². The number of benzene rings is 1. The lowest BCUT2D eigenvalue weighted by Gasteiger charge is -2.39. The van der Waals surface area contributed by atoms with Crippen LogP contribution in [0, 0.1) is 5.92 Å². The van der Waals surface area contributed by atoms with E-state index in [0.29, 0.717) is 12.5 Å². The quantitative estimate of drug-likeness (QED) is 0.527. The molecule has 0 aliphatic carbocycles. The molecule has 1 aromatic rings. The molecular weight excluding hydrogens is 258 g/mol. The maximum absolute atomic E-state index is 11.4. The van der Waals surface area contributed by atoms with Gasteiger partial charge in [-0.05, 0) is 30.7 Å². The van der Waals surface area contributed by atoms with E-state index in [-0.39, 0.29) is 11.3 Å². The predicted octanol–water partition coefficient (Wildman–Crippen LogP) is 4.46. The molecule has 0 spiro atoms. The molecule has 1 N–H and O–H groups in total. The zero-order valence-electron chi connectivity index (χ0n) is 13.7. The van der Waals surface area contributed by atoms with Crippen molar-refractivity contribution >= 4 is 5.91 Å². The summed E-state index contributed by atoms with van der Waals surface area (Å²) in [5.74, 6) is 0.512. The Morgan fingerprint density at radius 1 is 1.29 bits per heavy atom. The van der Waals surface area contributed by atoms with E-state index in [2.05, 4.69) is 50.0 Å². The fourth-order valence-electron chi connectivity index (χ4n) is 2.94. The molecule has 1 aromatic carbocycles. The summed E-state index contributed by atoms with van der Waals surface area (Å²) in [6.45, 7) is 10.6. The number of hydrogen-bond acceptors (Lipinski definition) is 1. The summed E-state index contributed by atoms with van der Waals surface area (Å²) in [5, 5.41) is 3.05. The van der Waals surface area contributed by atoms with Crippen molar-refractivity contribution in [3.8, 4) is 0 Å². The minimum atomic E-state index is 0.00804. The van der Waals surface area contributed by atoms with E-state index >= 15 is 0 Å². The Labute approximate surface area is 129 Å². The number of unbranched alkanes of at least 4 members (excludes halogenated alkanes) is 2. The van der Waals surface area contributed by atoms with E-state index in [1.807, 2.05) is 12.1 Å². The topological polar surface area (TPSA) is 29.1 Å². The Bertz CT molecular complexity index is 438. The first-order chi connectivity index (χ1) is 10.0. The second-order valence-electron chi connectivity index (χ2n) is 6.12. The Hall–Kier alpha value is -1.57. The number of carbonyl (C=O) groups excluding carboxylic acids is 1. The lowest BCUT2D eigenvalue weighted by Crippen LogP contribution is -2.44. The third-order valence-electron chi connectivity index (χ3n) is 4.39. The first kappa shape index (κ1) is 17.5. The summed E-state index contributed by atoms with van der Waals surface area (Å²) < 4.78 is 0. The van der Waals surface area contributed by atoms with Gasteiger partial charge in [0.05, 0.1) is 0 Å². The first-order valence-corrected chi connectivity index (χ1v) is 7.94.